The lowest BCUT2D eigenvalue weighted by atomic mass is 10.3. The zero-order chi connectivity index (χ0) is 17.6. The summed E-state index contributed by atoms with van der Waals surface area (Å²) >= 11 is 0. The predicted molar refractivity (Wildman–Crippen MR) is 95.5 cm³/mol. The summed E-state index contributed by atoms with van der Waals surface area (Å²) in [6.07, 6.45) is 1.80. The fraction of sp³-hybridized carbons (Fsp3) is 0.111. The fourth-order valence-electron chi connectivity index (χ4n) is 2.21. The molecule has 0 aliphatic heterocycles. The first kappa shape index (κ1) is 16.5. The number of aliphatic imine (C=N–C) groups is 1. The molecule has 0 atom stereocenters. The van der Waals surface area contributed by atoms with Gasteiger partial charge in [-0.3, -0.25) is 0 Å². The van der Waals surface area contributed by atoms with Crippen LogP contribution in [0.5, 0.6) is 5.75 Å². The average Bonchev–Trinajstić information content (AvgIpc) is 3.10. The van der Waals surface area contributed by atoms with Crippen LogP contribution >= 0.6 is 0 Å². The number of nitrogens with zero attached hydrogens (tertiary/aromatic N) is 3. The van der Waals surface area contributed by atoms with Gasteiger partial charge in [-0.15, -0.1) is 0 Å². The van der Waals surface area contributed by atoms with Crippen LogP contribution in [0.3, 0.4) is 0 Å². The van der Waals surface area contributed by atoms with Crippen molar-refractivity contribution in [1.82, 2.24) is 9.78 Å². The van der Waals surface area contributed by atoms with Gasteiger partial charge in [0.1, 0.15) is 11.6 Å². The molecule has 0 amide bonds. The van der Waals surface area contributed by atoms with Gasteiger partial charge in [0.2, 0.25) is 0 Å². The number of nitrogens with one attached hydrogen (secondary N) is 1. The molecule has 7 heteroatoms. The van der Waals surface area contributed by atoms with Crippen molar-refractivity contribution in [2.45, 2.75) is 6.54 Å². The van der Waals surface area contributed by atoms with Crippen LogP contribution in [0.2, 0.25) is 0 Å². The topological polar surface area (TPSA) is 77.5 Å². The van der Waals surface area contributed by atoms with Crippen LogP contribution in [-0.4, -0.2) is 22.8 Å². The Hall–Kier alpha value is -3.35. The number of guanidine groups is 1. The van der Waals surface area contributed by atoms with Gasteiger partial charge in [0.25, 0.3) is 0 Å². The number of rotatable bonds is 5. The maximum atomic E-state index is 13.0. The first-order valence-corrected chi connectivity index (χ1v) is 7.65. The standard InChI is InChI=1S/C18H18FN5O/c1-25-17-8-4-14(5-9-17)22-18(20)21-12-15-10-11-24(23-15)16-6-2-13(19)3-7-16/h2-11H,12H2,1H3,(H3,20,21,22). The van der Waals surface area contributed by atoms with E-state index < -0.39 is 0 Å². The second kappa shape index (κ2) is 7.48. The summed E-state index contributed by atoms with van der Waals surface area (Å²) < 4.78 is 19.7. The van der Waals surface area contributed by atoms with Gasteiger partial charge in [-0.2, -0.15) is 5.10 Å². The lowest BCUT2D eigenvalue weighted by molar-refractivity contribution is 0.415. The number of benzene rings is 2. The zero-order valence-electron chi connectivity index (χ0n) is 13.7. The average molecular weight is 339 g/mol. The van der Waals surface area contributed by atoms with Gasteiger partial charge in [0, 0.05) is 11.9 Å². The fourth-order valence-corrected chi connectivity index (χ4v) is 2.21. The molecule has 0 unspecified atom stereocenters. The third kappa shape index (κ3) is 4.35. The molecule has 1 aromatic heterocycles. The van der Waals surface area contributed by atoms with Crippen molar-refractivity contribution < 1.29 is 9.13 Å². The quantitative estimate of drug-likeness (QED) is 0.553. The van der Waals surface area contributed by atoms with E-state index in [0.29, 0.717) is 12.5 Å². The Kier molecular flexibility index (Phi) is 4.94. The van der Waals surface area contributed by atoms with E-state index >= 15 is 0 Å². The van der Waals surface area contributed by atoms with Crippen molar-refractivity contribution in [2.24, 2.45) is 10.7 Å². The molecule has 0 radical (unpaired) electrons. The highest BCUT2D eigenvalue weighted by Crippen LogP contribution is 2.14. The number of nitrogens with two attached hydrogens (primary N) is 1. The van der Waals surface area contributed by atoms with E-state index in [-0.39, 0.29) is 5.82 Å². The molecule has 1 heterocycles. The summed E-state index contributed by atoms with van der Waals surface area (Å²) in [4.78, 5) is 4.27. The number of methoxy groups -OCH3 is 1. The molecule has 2 aromatic carbocycles. The summed E-state index contributed by atoms with van der Waals surface area (Å²) in [7, 11) is 1.61. The molecule has 6 nitrogen and oxygen atoms in total. The molecule has 0 aliphatic carbocycles. The van der Waals surface area contributed by atoms with Gasteiger partial charge < -0.3 is 15.8 Å². The maximum Gasteiger partial charge on any atom is 0.193 e. The second-order valence-corrected chi connectivity index (χ2v) is 5.28. The highest BCUT2D eigenvalue weighted by atomic mass is 19.1. The molecule has 0 saturated carbocycles. The minimum atomic E-state index is -0.280. The smallest absolute Gasteiger partial charge is 0.193 e. The molecular formula is C18H18FN5O. The summed E-state index contributed by atoms with van der Waals surface area (Å²) in [5, 5.41) is 7.40. The van der Waals surface area contributed by atoms with E-state index in [4.69, 9.17) is 10.5 Å². The molecule has 0 fully saturated rings. The number of anilines is 1. The van der Waals surface area contributed by atoms with E-state index in [9.17, 15) is 4.39 Å². The molecule has 128 valence electrons. The van der Waals surface area contributed by atoms with Crippen LogP contribution in [-0.2, 0) is 6.54 Å². The van der Waals surface area contributed by atoms with Crippen molar-refractivity contribution in [3.8, 4) is 11.4 Å². The normalized spacial score (nSPS) is 11.4. The molecule has 0 bridgehead atoms. The van der Waals surface area contributed by atoms with Gasteiger partial charge in [-0.05, 0) is 54.6 Å². The minimum Gasteiger partial charge on any atom is -0.497 e. The largest absolute Gasteiger partial charge is 0.497 e. The van der Waals surface area contributed by atoms with Crippen molar-refractivity contribution in [3.63, 3.8) is 0 Å². The monoisotopic (exact) mass is 339 g/mol. The van der Waals surface area contributed by atoms with Gasteiger partial charge >= 0.3 is 0 Å². The molecule has 3 aromatic rings. The Morgan fingerprint density at radius 1 is 1.16 bits per heavy atom. The van der Waals surface area contributed by atoms with Crippen molar-refractivity contribution in [2.75, 3.05) is 12.4 Å². The third-order valence-corrected chi connectivity index (χ3v) is 3.51. The highest BCUT2D eigenvalue weighted by Gasteiger charge is 2.02. The number of ether oxygens (including phenoxy) is 1. The number of aromatic nitrogens is 2. The summed E-state index contributed by atoms with van der Waals surface area (Å²) in [5.74, 6) is 0.784. The Morgan fingerprint density at radius 2 is 1.88 bits per heavy atom. The molecule has 3 N–H and O–H groups in total. The molecule has 0 aliphatic rings. The van der Waals surface area contributed by atoms with E-state index in [2.05, 4.69) is 15.4 Å². The molecule has 25 heavy (non-hydrogen) atoms. The van der Waals surface area contributed by atoms with Crippen LogP contribution in [0.4, 0.5) is 10.1 Å². The SMILES string of the molecule is COc1ccc(NC(N)=NCc2ccn(-c3ccc(F)cc3)n2)cc1. The van der Waals surface area contributed by atoms with Crippen LogP contribution < -0.4 is 15.8 Å². The first-order valence-electron chi connectivity index (χ1n) is 7.65. The van der Waals surface area contributed by atoms with Crippen LogP contribution in [0, 0.1) is 5.82 Å². The van der Waals surface area contributed by atoms with E-state index in [0.717, 1.165) is 22.8 Å². The Morgan fingerprint density at radius 3 is 2.56 bits per heavy atom. The predicted octanol–water partition coefficient (Wildman–Crippen LogP) is 2.95. The number of halogens is 1. The summed E-state index contributed by atoms with van der Waals surface area (Å²) in [5.41, 5.74) is 8.24. The van der Waals surface area contributed by atoms with Gasteiger partial charge in [-0.25, -0.2) is 14.1 Å². The van der Waals surface area contributed by atoms with Crippen molar-refractivity contribution in [1.29, 1.82) is 0 Å². The van der Waals surface area contributed by atoms with Crippen LogP contribution in [0.1, 0.15) is 5.69 Å². The maximum absolute atomic E-state index is 13.0. The zero-order valence-corrected chi connectivity index (χ0v) is 13.7. The Balaban J connectivity index is 1.62. The third-order valence-electron chi connectivity index (χ3n) is 3.51. The number of hydrogen-bond acceptors (Lipinski definition) is 3. The van der Waals surface area contributed by atoms with Crippen LogP contribution in [0.15, 0.2) is 65.8 Å². The van der Waals surface area contributed by atoms with Gasteiger partial charge in [-0.1, -0.05) is 0 Å². The minimum absolute atomic E-state index is 0.280. The molecule has 0 spiro atoms. The summed E-state index contributed by atoms with van der Waals surface area (Å²) in [6, 6.07) is 15.3. The van der Waals surface area contributed by atoms with Gasteiger partial charge in [0.05, 0.1) is 25.0 Å². The van der Waals surface area contributed by atoms with Crippen molar-refractivity contribution in [3.05, 3.63) is 72.3 Å². The second-order valence-electron chi connectivity index (χ2n) is 5.28. The molecular weight excluding hydrogens is 321 g/mol. The molecule has 0 saturated heterocycles. The van der Waals surface area contributed by atoms with E-state index in [1.54, 1.807) is 30.1 Å². The summed E-state index contributed by atoms with van der Waals surface area (Å²) in [6.45, 7) is 0.336. The Bertz CT molecular complexity index is 856. The Labute approximate surface area is 144 Å². The van der Waals surface area contributed by atoms with E-state index in [1.165, 1.54) is 12.1 Å². The number of hydrogen-bond donors (Lipinski definition) is 2. The van der Waals surface area contributed by atoms with E-state index in [1.807, 2.05) is 30.3 Å². The first-order chi connectivity index (χ1) is 12.1. The lowest BCUT2D eigenvalue weighted by Crippen LogP contribution is -2.22. The van der Waals surface area contributed by atoms with Crippen LogP contribution in [0.25, 0.3) is 5.69 Å². The highest BCUT2D eigenvalue weighted by molar-refractivity contribution is 5.92. The molecule has 3 rings (SSSR count). The van der Waals surface area contributed by atoms with Gasteiger partial charge in [0.15, 0.2) is 5.96 Å². The van der Waals surface area contributed by atoms with Crippen molar-refractivity contribution >= 4 is 11.6 Å². The lowest BCUT2D eigenvalue weighted by Gasteiger charge is -2.06.